The molecule has 1 atom stereocenters. The average Bonchev–Trinajstić information content (AvgIpc) is 2.40. The van der Waals surface area contributed by atoms with Crippen LogP contribution in [0.4, 0.5) is 4.39 Å². The number of aryl methyl sites for hydroxylation is 2. The maximum Gasteiger partial charge on any atom is 0.129 e. The third-order valence-electron chi connectivity index (χ3n) is 3.53. The minimum Gasteiger partial charge on any atom is -0.508 e. The van der Waals surface area contributed by atoms with E-state index in [0.29, 0.717) is 17.7 Å². The fourth-order valence-corrected chi connectivity index (χ4v) is 2.39. The number of phenolic OH excluding ortho intramolecular Hbond substituents is 2. The van der Waals surface area contributed by atoms with Gasteiger partial charge in [0.05, 0.1) is 0 Å². The van der Waals surface area contributed by atoms with Crippen LogP contribution in [0.3, 0.4) is 0 Å². The van der Waals surface area contributed by atoms with Crippen molar-refractivity contribution >= 4 is 0 Å². The maximum absolute atomic E-state index is 13.6. The van der Waals surface area contributed by atoms with E-state index >= 15 is 0 Å². The van der Waals surface area contributed by atoms with Gasteiger partial charge in [0.25, 0.3) is 0 Å². The van der Waals surface area contributed by atoms with Crippen LogP contribution < -0.4 is 5.32 Å². The van der Waals surface area contributed by atoms with E-state index in [1.54, 1.807) is 26.0 Å². The third kappa shape index (κ3) is 3.73. The maximum atomic E-state index is 13.6. The van der Waals surface area contributed by atoms with E-state index in [1.165, 1.54) is 6.07 Å². The molecule has 0 radical (unpaired) electrons. The van der Waals surface area contributed by atoms with Crippen LogP contribution in [0.1, 0.15) is 35.2 Å². The summed E-state index contributed by atoms with van der Waals surface area (Å²) in [7, 11) is 0. The quantitative estimate of drug-likeness (QED) is 0.804. The SMILES string of the molecule is Cc1cc(CNC(C)c2cc(O)cc(O)c2)cc(C)c1F. The molecule has 112 valence electrons. The van der Waals surface area contributed by atoms with Crippen molar-refractivity contribution in [2.24, 2.45) is 0 Å². The minimum atomic E-state index is -0.162. The molecular formula is C17H20FNO2. The second-order valence-electron chi connectivity index (χ2n) is 5.43. The summed E-state index contributed by atoms with van der Waals surface area (Å²) in [5.41, 5.74) is 3.06. The second kappa shape index (κ2) is 6.14. The van der Waals surface area contributed by atoms with Gasteiger partial charge in [-0.1, -0.05) is 12.1 Å². The number of benzene rings is 2. The molecule has 4 heteroatoms. The lowest BCUT2D eigenvalue weighted by Gasteiger charge is -2.16. The number of phenols is 2. The molecule has 1 unspecified atom stereocenters. The zero-order chi connectivity index (χ0) is 15.6. The van der Waals surface area contributed by atoms with E-state index in [-0.39, 0.29) is 23.4 Å². The van der Waals surface area contributed by atoms with Gasteiger partial charge in [0.2, 0.25) is 0 Å². The first-order chi connectivity index (χ1) is 9.86. The Hall–Kier alpha value is -2.07. The Kier molecular flexibility index (Phi) is 4.48. The highest BCUT2D eigenvalue weighted by Gasteiger charge is 2.09. The van der Waals surface area contributed by atoms with Crippen molar-refractivity contribution in [2.75, 3.05) is 0 Å². The average molecular weight is 289 g/mol. The van der Waals surface area contributed by atoms with Crippen LogP contribution in [0.25, 0.3) is 0 Å². The van der Waals surface area contributed by atoms with Crippen molar-refractivity contribution < 1.29 is 14.6 Å². The molecule has 3 N–H and O–H groups in total. The Morgan fingerprint density at radius 2 is 1.52 bits per heavy atom. The van der Waals surface area contributed by atoms with Crippen molar-refractivity contribution in [3.8, 4) is 11.5 Å². The first kappa shape index (κ1) is 15.3. The van der Waals surface area contributed by atoms with Gasteiger partial charge < -0.3 is 15.5 Å². The molecular weight excluding hydrogens is 269 g/mol. The second-order valence-corrected chi connectivity index (χ2v) is 5.43. The molecule has 0 amide bonds. The predicted octanol–water partition coefficient (Wildman–Crippen LogP) is 3.70. The number of aromatic hydroxyl groups is 2. The molecule has 2 aromatic carbocycles. The zero-order valence-corrected chi connectivity index (χ0v) is 12.4. The lowest BCUT2D eigenvalue weighted by molar-refractivity contribution is 0.446. The van der Waals surface area contributed by atoms with Gasteiger partial charge in [0.15, 0.2) is 0 Å². The lowest BCUT2D eigenvalue weighted by Crippen LogP contribution is -2.18. The molecule has 3 nitrogen and oxygen atoms in total. The van der Waals surface area contributed by atoms with Gasteiger partial charge in [0, 0.05) is 18.7 Å². The molecule has 0 aliphatic heterocycles. The topological polar surface area (TPSA) is 52.5 Å². The smallest absolute Gasteiger partial charge is 0.129 e. The summed E-state index contributed by atoms with van der Waals surface area (Å²) in [6.07, 6.45) is 0. The van der Waals surface area contributed by atoms with Gasteiger partial charge in [-0.2, -0.15) is 0 Å². The Bertz CT molecular complexity index is 612. The van der Waals surface area contributed by atoms with E-state index in [2.05, 4.69) is 5.32 Å². The normalized spacial score (nSPS) is 12.4. The van der Waals surface area contributed by atoms with Gasteiger partial charge in [-0.15, -0.1) is 0 Å². The summed E-state index contributed by atoms with van der Waals surface area (Å²) < 4.78 is 13.6. The summed E-state index contributed by atoms with van der Waals surface area (Å²) in [5, 5.41) is 22.3. The molecule has 0 fully saturated rings. The van der Waals surface area contributed by atoms with E-state index in [1.807, 2.05) is 19.1 Å². The highest BCUT2D eigenvalue weighted by atomic mass is 19.1. The molecule has 0 heterocycles. The van der Waals surface area contributed by atoms with Crippen molar-refractivity contribution in [3.63, 3.8) is 0 Å². The van der Waals surface area contributed by atoms with Crippen LogP contribution in [-0.2, 0) is 6.54 Å². The summed E-state index contributed by atoms with van der Waals surface area (Å²) in [6.45, 7) is 6.03. The van der Waals surface area contributed by atoms with Gasteiger partial charge in [-0.3, -0.25) is 0 Å². The fraction of sp³-hybridized carbons (Fsp3) is 0.294. The Balaban J connectivity index is 2.09. The van der Waals surface area contributed by atoms with Crippen LogP contribution in [0.5, 0.6) is 11.5 Å². The molecule has 0 saturated heterocycles. The van der Waals surface area contributed by atoms with E-state index in [4.69, 9.17) is 0 Å². The molecule has 2 aromatic rings. The molecule has 0 spiro atoms. The van der Waals surface area contributed by atoms with Crippen LogP contribution in [0.2, 0.25) is 0 Å². The number of hydrogen-bond acceptors (Lipinski definition) is 3. The highest BCUT2D eigenvalue weighted by Crippen LogP contribution is 2.25. The molecule has 0 aromatic heterocycles. The van der Waals surface area contributed by atoms with E-state index < -0.39 is 0 Å². The number of nitrogens with one attached hydrogen (secondary N) is 1. The molecule has 21 heavy (non-hydrogen) atoms. The molecule has 2 rings (SSSR count). The first-order valence-electron chi connectivity index (χ1n) is 6.88. The van der Waals surface area contributed by atoms with Gasteiger partial charge in [0.1, 0.15) is 17.3 Å². The molecule has 0 bridgehead atoms. The Morgan fingerprint density at radius 3 is 2.05 bits per heavy atom. The van der Waals surface area contributed by atoms with Crippen molar-refractivity contribution in [2.45, 2.75) is 33.4 Å². The van der Waals surface area contributed by atoms with Gasteiger partial charge >= 0.3 is 0 Å². The van der Waals surface area contributed by atoms with E-state index in [9.17, 15) is 14.6 Å². The van der Waals surface area contributed by atoms with Crippen LogP contribution in [0.15, 0.2) is 30.3 Å². The molecule has 0 aliphatic carbocycles. The molecule has 0 aliphatic rings. The largest absolute Gasteiger partial charge is 0.508 e. The fourth-order valence-electron chi connectivity index (χ4n) is 2.39. The van der Waals surface area contributed by atoms with Crippen molar-refractivity contribution in [1.82, 2.24) is 5.32 Å². The van der Waals surface area contributed by atoms with Gasteiger partial charge in [-0.05, 0) is 55.2 Å². The van der Waals surface area contributed by atoms with Crippen molar-refractivity contribution in [1.29, 1.82) is 0 Å². The number of rotatable bonds is 4. The summed E-state index contributed by atoms with van der Waals surface area (Å²) in [5.74, 6) is -0.0936. The van der Waals surface area contributed by atoms with Crippen LogP contribution >= 0.6 is 0 Å². The summed E-state index contributed by atoms with van der Waals surface area (Å²) in [6, 6.07) is 8.11. The Morgan fingerprint density at radius 1 is 1.00 bits per heavy atom. The number of halogens is 1. The highest BCUT2D eigenvalue weighted by molar-refractivity contribution is 5.38. The third-order valence-corrected chi connectivity index (χ3v) is 3.53. The standard InChI is InChI=1S/C17H20FNO2/c1-10-4-13(5-11(2)17(10)18)9-19-12(3)14-6-15(20)8-16(21)7-14/h4-8,12,19-21H,9H2,1-3H3. The van der Waals surface area contributed by atoms with Crippen LogP contribution in [0, 0.1) is 19.7 Å². The van der Waals surface area contributed by atoms with Crippen molar-refractivity contribution in [3.05, 3.63) is 58.4 Å². The van der Waals surface area contributed by atoms with Crippen LogP contribution in [-0.4, -0.2) is 10.2 Å². The minimum absolute atomic E-state index is 0.0344. The van der Waals surface area contributed by atoms with E-state index in [0.717, 1.165) is 11.1 Å². The summed E-state index contributed by atoms with van der Waals surface area (Å²) in [4.78, 5) is 0. The van der Waals surface area contributed by atoms with Gasteiger partial charge in [-0.25, -0.2) is 4.39 Å². The summed E-state index contributed by atoms with van der Waals surface area (Å²) >= 11 is 0. The monoisotopic (exact) mass is 289 g/mol. The first-order valence-corrected chi connectivity index (χ1v) is 6.88. The predicted molar refractivity (Wildman–Crippen MR) is 80.9 cm³/mol. The number of hydrogen-bond donors (Lipinski definition) is 3. The molecule has 0 saturated carbocycles. The zero-order valence-electron chi connectivity index (χ0n) is 12.4. The lowest BCUT2D eigenvalue weighted by atomic mass is 10.0. The Labute approximate surface area is 124 Å².